The molecule has 0 aliphatic carbocycles. The third-order valence-electron chi connectivity index (χ3n) is 3.74. The van der Waals surface area contributed by atoms with E-state index in [1.165, 1.54) is 0 Å². The minimum absolute atomic E-state index is 0.561. The second kappa shape index (κ2) is 7.98. The van der Waals surface area contributed by atoms with Crippen molar-refractivity contribution in [2.24, 2.45) is 0 Å². The van der Waals surface area contributed by atoms with E-state index in [9.17, 15) is 0 Å². The van der Waals surface area contributed by atoms with Crippen LogP contribution >= 0.6 is 15.9 Å². The summed E-state index contributed by atoms with van der Waals surface area (Å²) in [6.45, 7) is 2.64. The third-order valence-corrected chi connectivity index (χ3v) is 4.23. The van der Waals surface area contributed by atoms with Gasteiger partial charge in [-0.1, -0.05) is 34.1 Å². The van der Waals surface area contributed by atoms with Crippen LogP contribution in [-0.2, 0) is 6.54 Å². The Balaban J connectivity index is 1.71. The van der Waals surface area contributed by atoms with Gasteiger partial charge in [0.1, 0.15) is 11.6 Å². The average molecular weight is 399 g/mol. The number of benzene rings is 2. The number of methoxy groups -OCH3 is 1. The highest BCUT2D eigenvalue weighted by atomic mass is 79.9. The fourth-order valence-electron chi connectivity index (χ4n) is 2.44. The van der Waals surface area contributed by atoms with Crippen LogP contribution in [0.1, 0.15) is 11.1 Å². The fraction of sp³-hybridized carbons (Fsp3) is 0.158. The Labute approximate surface area is 155 Å². The Hall–Kier alpha value is -2.60. The SMILES string of the molecule is COc1ccccc1CNc1nccc(Nc2ccc(Br)cc2C)n1. The molecule has 0 aliphatic heterocycles. The highest BCUT2D eigenvalue weighted by Gasteiger charge is 2.05. The van der Waals surface area contributed by atoms with Gasteiger partial charge in [-0.05, 0) is 42.8 Å². The highest BCUT2D eigenvalue weighted by molar-refractivity contribution is 9.10. The number of nitrogens with zero attached hydrogens (tertiary/aromatic N) is 2. The maximum absolute atomic E-state index is 5.36. The van der Waals surface area contributed by atoms with Crippen LogP contribution in [0.25, 0.3) is 0 Å². The lowest BCUT2D eigenvalue weighted by Crippen LogP contribution is -2.06. The number of aromatic nitrogens is 2. The first kappa shape index (κ1) is 17.2. The van der Waals surface area contributed by atoms with Crippen molar-refractivity contribution in [1.29, 1.82) is 0 Å². The summed E-state index contributed by atoms with van der Waals surface area (Å²) in [6.07, 6.45) is 1.73. The molecule has 0 spiro atoms. The number of ether oxygens (including phenoxy) is 1. The molecular formula is C19H19BrN4O. The van der Waals surface area contributed by atoms with Gasteiger partial charge in [0.05, 0.1) is 7.11 Å². The number of aryl methyl sites for hydroxylation is 1. The van der Waals surface area contributed by atoms with E-state index < -0.39 is 0 Å². The molecule has 0 aliphatic rings. The van der Waals surface area contributed by atoms with Crippen LogP contribution < -0.4 is 15.4 Å². The van der Waals surface area contributed by atoms with E-state index >= 15 is 0 Å². The monoisotopic (exact) mass is 398 g/mol. The lowest BCUT2D eigenvalue weighted by molar-refractivity contribution is 0.410. The van der Waals surface area contributed by atoms with E-state index in [2.05, 4.69) is 49.5 Å². The summed E-state index contributed by atoms with van der Waals surface area (Å²) < 4.78 is 6.42. The minimum Gasteiger partial charge on any atom is -0.496 e. The maximum atomic E-state index is 5.36. The van der Waals surface area contributed by atoms with Gasteiger partial charge in [0.15, 0.2) is 0 Å². The van der Waals surface area contributed by atoms with Crippen LogP contribution in [-0.4, -0.2) is 17.1 Å². The first-order chi connectivity index (χ1) is 12.2. The smallest absolute Gasteiger partial charge is 0.224 e. The zero-order valence-electron chi connectivity index (χ0n) is 14.1. The van der Waals surface area contributed by atoms with Crippen molar-refractivity contribution >= 4 is 33.4 Å². The molecule has 128 valence electrons. The topological polar surface area (TPSA) is 59.1 Å². The van der Waals surface area contributed by atoms with Crippen LogP contribution in [0.4, 0.5) is 17.5 Å². The Morgan fingerprint density at radius 2 is 1.96 bits per heavy atom. The number of hydrogen-bond acceptors (Lipinski definition) is 5. The molecule has 1 heterocycles. The second-order valence-electron chi connectivity index (χ2n) is 5.52. The average Bonchev–Trinajstić information content (AvgIpc) is 2.63. The van der Waals surface area contributed by atoms with Gasteiger partial charge in [-0.2, -0.15) is 4.98 Å². The van der Waals surface area contributed by atoms with Gasteiger partial charge < -0.3 is 15.4 Å². The predicted molar refractivity (Wildman–Crippen MR) is 105 cm³/mol. The summed E-state index contributed by atoms with van der Waals surface area (Å²) in [4.78, 5) is 8.79. The first-order valence-corrected chi connectivity index (χ1v) is 8.67. The van der Waals surface area contributed by atoms with Crippen molar-refractivity contribution in [3.8, 4) is 5.75 Å². The van der Waals surface area contributed by atoms with Gasteiger partial charge >= 0.3 is 0 Å². The number of nitrogens with one attached hydrogen (secondary N) is 2. The minimum atomic E-state index is 0.561. The quantitative estimate of drug-likeness (QED) is 0.617. The van der Waals surface area contributed by atoms with Crippen LogP contribution in [0.5, 0.6) is 5.75 Å². The molecule has 2 aromatic carbocycles. The zero-order valence-corrected chi connectivity index (χ0v) is 15.7. The van der Waals surface area contributed by atoms with Crippen molar-refractivity contribution in [2.45, 2.75) is 13.5 Å². The van der Waals surface area contributed by atoms with E-state index in [1.807, 2.05) is 42.5 Å². The summed E-state index contributed by atoms with van der Waals surface area (Å²) in [6, 6.07) is 15.8. The van der Waals surface area contributed by atoms with E-state index in [0.29, 0.717) is 12.5 Å². The van der Waals surface area contributed by atoms with Crippen molar-refractivity contribution in [2.75, 3.05) is 17.7 Å². The van der Waals surface area contributed by atoms with E-state index in [1.54, 1.807) is 13.3 Å². The number of anilines is 3. The van der Waals surface area contributed by atoms with Gasteiger partial charge in [-0.3, -0.25) is 0 Å². The first-order valence-electron chi connectivity index (χ1n) is 7.87. The lowest BCUT2D eigenvalue weighted by atomic mass is 10.2. The Bertz CT molecular complexity index is 870. The standard InChI is InChI=1S/C19H19BrN4O/c1-13-11-15(20)7-8-16(13)23-18-9-10-21-19(24-18)22-12-14-5-3-4-6-17(14)25-2/h3-11H,12H2,1-2H3,(H2,21,22,23,24). The molecule has 6 heteroatoms. The van der Waals surface area contributed by atoms with E-state index in [4.69, 9.17) is 4.74 Å². The molecule has 1 aromatic heterocycles. The molecule has 0 saturated carbocycles. The molecule has 0 unspecified atom stereocenters. The molecule has 3 rings (SSSR count). The van der Waals surface area contributed by atoms with Gasteiger partial charge in [0, 0.05) is 28.5 Å². The summed E-state index contributed by atoms with van der Waals surface area (Å²) >= 11 is 3.47. The molecule has 0 atom stereocenters. The molecule has 25 heavy (non-hydrogen) atoms. The molecule has 0 amide bonds. The predicted octanol–water partition coefficient (Wildman–Crippen LogP) is 4.91. The summed E-state index contributed by atoms with van der Waals surface area (Å²) in [7, 11) is 1.67. The lowest BCUT2D eigenvalue weighted by Gasteiger charge is -2.12. The van der Waals surface area contributed by atoms with Gasteiger partial charge in [-0.25, -0.2) is 4.98 Å². The summed E-state index contributed by atoms with van der Waals surface area (Å²) in [5.41, 5.74) is 3.20. The Morgan fingerprint density at radius 1 is 1.12 bits per heavy atom. The molecule has 3 aromatic rings. The van der Waals surface area contributed by atoms with Crippen LogP contribution in [0.15, 0.2) is 59.2 Å². The number of para-hydroxylation sites is 1. The molecule has 5 nitrogen and oxygen atoms in total. The molecule has 0 bridgehead atoms. The summed E-state index contributed by atoms with van der Waals surface area (Å²) in [5.74, 6) is 2.14. The number of hydrogen-bond donors (Lipinski definition) is 2. The van der Waals surface area contributed by atoms with Crippen LogP contribution in [0, 0.1) is 6.92 Å². The maximum Gasteiger partial charge on any atom is 0.224 e. The van der Waals surface area contributed by atoms with Crippen LogP contribution in [0.2, 0.25) is 0 Å². The zero-order chi connectivity index (χ0) is 17.6. The van der Waals surface area contributed by atoms with Crippen molar-refractivity contribution in [3.63, 3.8) is 0 Å². The Kier molecular flexibility index (Phi) is 5.50. The molecule has 0 fully saturated rings. The molecule has 0 saturated heterocycles. The van der Waals surface area contributed by atoms with E-state index in [0.717, 1.165) is 32.9 Å². The van der Waals surface area contributed by atoms with Crippen molar-refractivity contribution in [3.05, 3.63) is 70.3 Å². The van der Waals surface area contributed by atoms with E-state index in [-0.39, 0.29) is 0 Å². The van der Waals surface area contributed by atoms with Crippen LogP contribution in [0.3, 0.4) is 0 Å². The van der Waals surface area contributed by atoms with Gasteiger partial charge in [-0.15, -0.1) is 0 Å². The third kappa shape index (κ3) is 4.48. The Morgan fingerprint density at radius 3 is 2.76 bits per heavy atom. The summed E-state index contributed by atoms with van der Waals surface area (Å²) in [5, 5.41) is 6.56. The number of halogens is 1. The molecule has 0 radical (unpaired) electrons. The van der Waals surface area contributed by atoms with Gasteiger partial charge in [0.2, 0.25) is 5.95 Å². The molecule has 2 N–H and O–H groups in total. The van der Waals surface area contributed by atoms with Crippen molar-refractivity contribution < 1.29 is 4.74 Å². The second-order valence-corrected chi connectivity index (χ2v) is 6.43. The fourth-order valence-corrected chi connectivity index (χ4v) is 2.92. The normalized spacial score (nSPS) is 10.4. The van der Waals surface area contributed by atoms with Crippen molar-refractivity contribution in [1.82, 2.24) is 9.97 Å². The molecular weight excluding hydrogens is 380 g/mol. The highest BCUT2D eigenvalue weighted by Crippen LogP contribution is 2.23. The largest absolute Gasteiger partial charge is 0.496 e. The van der Waals surface area contributed by atoms with Gasteiger partial charge in [0.25, 0.3) is 0 Å². The number of rotatable bonds is 6.